The number of aromatic nitrogens is 5. The molecule has 0 fully saturated rings. The highest BCUT2D eigenvalue weighted by Crippen LogP contribution is 2.24. The Kier molecular flexibility index (Phi) is 5.77. The molecule has 0 aliphatic heterocycles. The maximum atomic E-state index is 11.2. The van der Waals surface area contributed by atoms with Crippen LogP contribution in [-0.2, 0) is 19.5 Å². The van der Waals surface area contributed by atoms with E-state index in [9.17, 15) is 10.1 Å². The van der Waals surface area contributed by atoms with E-state index in [-0.39, 0.29) is 10.6 Å². The van der Waals surface area contributed by atoms with Crippen LogP contribution in [0.2, 0.25) is 0 Å². The Labute approximate surface area is 184 Å². The summed E-state index contributed by atoms with van der Waals surface area (Å²) in [5, 5.41) is 22.8. The minimum absolute atomic E-state index is 0.0746. The molecule has 0 spiro atoms. The Morgan fingerprint density at radius 1 is 1.06 bits per heavy atom. The van der Waals surface area contributed by atoms with Crippen molar-refractivity contribution in [2.24, 2.45) is 0 Å². The molecule has 9 heteroatoms. The zero-order chi connectivity index (χ0) is 22.0. The van der Waals surface area contributed by atoms with Gasteiger partial charge in [0, 0.05) is 12.1 Å². The first kappa shape index (κ1) is 20.7. The van der Waals surface area contributed by atoms with Gasteiger partial charge in [-0.05, 0) is 43.6 Å². The largest absolute Gasteiger partial charge is 0.312 e. The van der Waals surface area contributed by atoms with Crippen molar-refractivity contribution in [3.8, 4) is 11.4 Å². The van der Waals surface area contributed by atoms with Crippen molar-refractivity contribution in [2.75, 3.05) is 0 Å². The Hall–Kier alpha value is -3.59. The molecule has 158 valence electrons. The molecule has 2 aromatic heterocycles. The molecule has 0 aliphatic carbocycles. The van der Waals surface area contributed by atoms with E-state index in [1.165, 1.54) is 5.56 Å². The number of nitrogens with one attached hydrogen (secondary N) is 1. The number of hydrogen-bond acceptors (Lipinski definition) is 5. The normalized spacial score (nSPS) is 11.0. The van der Waals surface area contributed by atoms with Crippen LogP contribution in [0.25, 0.3) is 11.4 Å². The van der Waals surface area contributed by atoms with Gasteiger partial charge in [0.2, 0.25) is 0 Å². The molecule has 4 rings (SSSR count). The van der Waals surface area contributed by atoms with Crippen LogP contribution in [0.5, 0.6) is 0 Å². The quantitative estimate of drug-likeness (QED) is 0.260. The predicted octanol–water partition coefficient (Wildman–Crippen LogP) is 4.62. The molecule has 0 saturated heterocycles. The number of benzene rings is 2. The predicted molar refractivity (Wildman–Crippen MR) is 120 cm³/mol. The highest BCUT2D eigenvalue weighted by Gasteiger charge is 2.21. The minimum Gasteiger partial charge on any atom is -0.300 e. The first-order valence-corrected chi connectivity index (χ1v) is 10.3. The van der Waals surface area contributed by atoms with Gasteiger partial charge in [0.15, 0.2) is 10.6 Å². The van der Waals surface area contributed by atoms with Crippen molar-refractivity contribution in [1.82, 2.24) is 24.5 Å². The molecule has 0 amide bonds. The first-order chi connectivity index (χ1) is 14.9. The summed E-state index contributed by atoms with van der Waals surface area (Å²) in [6.45, 7) is 4.56. The van der Waals surface area contributed by atoms with Crippen molar-refractivity contribution in [3.63, 3.8) is 0 Å². The second-order valence-electron chi connectivity index (χ2n) is 7.37. The number of aromatic amines is 1. The summed E-state index contributed by atoms with van der Waals surface area (Å²) in [7, 11) is 0. The lowest BCUT2D eigenvalue weighted by atomic mass is 10.1. The van der Waals surface area contributed by atoms with Gasteiger partial charge < -0.3 is 0 Å². The first-order valence-electron chi connectivity index (χ1n) is 9.91. The fraction of sp³-hybridized carbons (Fsp3) is 0.227. The van der Waals surface area contributed by atoms with Crippen molar-refractivity contribution < 1.29 is 4.92 Å². The van der Waals surface area contributed by atoms with Gasteiger partial charge in [0.1, 0.15) is 11.4 Å². The smallest absolute Gasteiger partial charge is 0.300 e. The fourth-order valence-electron chi connectivity index (χ4n) is 3.67. The standard InChI is InChI=1S/C22H22N6O2S/c1-15-20(28(29)30)16(2)27(25-15)14-18-8-10-19(11-9-18)21-23-24-22(31)26(21)13-12-17-6-4-3-5-7-17/h3-11H,12-14H2,1-2H3,(H,24,31). The molecule has 0 aliphatic rings. The molecule has 0 unspecified atom stereocenters. The Balaban J connectivity index is 1.53. The lowest BCUT2D eigenvalue weighted by Crippen LogP contribution is -2.05. The molecule has 4 aromatic rings. The van der Waals surface area contributed by atoms with Gasteiger partial charge in [0.25, 0.3) is 0 Å². The van der Waals surface area contributed by atoms with Crippen LogP contribution >= 0.6 is 12.2 Å². The molecule has 0 atom stereocenters. The van der Waals surface area contributed by atoms with E-state index < -0.39 is 0 Å². The van der Waals surface area contributed by atoms with Gasteiger partial charge in [-0.1, -0.05) is 54.6 Å². The zero-order valence-corrected chi connectivity index (χ0v) is 18.1. The molecular formula is C22H22N6O2S. The van der Waals surface area contributed by atoms with Gasteiger partial charge in [0.05, 0.1) is 11.5 Å². The van der Waals surface area contributed by atoms with Crippen molar-refractivity contribution in [2.45, 2.75) is 33.4 Å². The topological polar surface area (TPSA) is 94.6 Å². The lowest BCUT2D eigenvalue weighted by Gasteiger charge is -2.09. The molecule has 1 N–H and O–H groups in total. The van der Waals surface area contributed by atoms with Crippen LogP contribution in [0.1, 0.15) is 22.5 Å². The average molecular weight is 435 g/mol. The van der Waals surface area contributed by atoms with Crippen LogP contribution in [0.3, 0.4) is 0 Å². The SMILES string of the molecule is Cc1nn(Cc2ccc(-c3n[nH]c(=S)n3CCc3ccccc3)cc2)c(C)c1[N+](=O)[O-]. The van der Waals surface area contributed by atoms with Crippen LogP contribution in [0.15, 0.2) is 54.6 Å². The van der Waals surface area contributed by atoms with Gasteiger partial charge in [-0.25, -0.2) is 0 Å². The zero-order valence-electron chi connectivity index (χ0n) is 17.3. The van der Waals surface area contributed by atoms with E-state index in [2.05, 4.69) is 27.4 Å². The molecule has 2 heterocycles. The Bertz CT molecular complexity index is 1270. The summed E-state index contributed by atoms with van der Waals surface area (Å²) < 4.78 is 4.25. The second kappa shape index (κ2) is 8.65. The molecule has 0 saturated carbocycles. The summed E-state index contributed by atoms with van der Waals surface area (Å²) >= 11 is 5.43. The molecule has 2 aromatic carbocycles. The number of nitro groups is 1. The third-order valence-corrected chi connectivity index (χ3v) is 5.61. The monoisotopic (exact) mass is 434 g/mol. The third-order valence-electron chi connectivity index (χ3n) is 5.30. The summed E-state index contributed by atoms with van der Waals surface area (Å²) in [4.78, 5) is 10.8. The van der Waals surface area contributed by atoms with E-state index in [1.807, 2.05) is 47.0 Å². The Morgan fingerprint density at radius 2 is 1.77 bits per heavy atom. The number of aryl methyl sites for hydroxylation is 2. The van der Waals surface area contributed by atoms with Crippen molar-refractivity contribution >= 4 is 17.9 Å². The van der Waals surface area contributed by atoms with Crippen LogP contribution in [0, 0.1) is 28.7 Å². The molecular weight excluding hydrogens is 412 g/mol. The number of rotatable bonds is 7. The summed E-state index contributed by atoms with van der Waals surface area (Å²) in [5.74, 6) is 0.786. The number of H-pyrrole nitrogens is 1. The summed E-state index contributed by atoms with van der Waals surface area (Å²) in [5.41, 5.74) is 4.23. The number of hydrogen-bond donors (Lipinski definition) is 1. The molecule has 31 heavy (non-hydrogen) atoms. The van der Waals surface area contributed by atoms with Crippen LogP contribution in [-0.4, -0.2) is 29.5 Å². The van der Waals surface area contributed by atoms with Gasteiger partial charge >= 0.3 is 5.69 Å². The third kappa shape index (κ3) is 4.31. The highest BCUT2D eigenvalue weighted by atomic mass is 32.1. The highest BCUT2D eigenvalue weighted by molar-refractivity contribution is 7.71. The molecule has 8 nitrogen and oxygen atoms in total. The van der Waals surface area contributed by atoms with Crippen LogP contribution in [0.4, 0.5) is 5.69 Å². The van der Waals surface area contributed by atoms with Gasteiger partial charge in [-0.2, -0.15) is 10.2 Å². The van der Waals surface area contributed by atoms with E-state index in [1.54, 1.807) is 18.5 Å². The van der Waals surface area contributed by atoms with E-state index in [0.29, 0.717) is 22.7 Å². The summed E-state index contributed by atoms with van der Waals surface area (Å²) in [6, 6.07) is 18.2. The fourth-order valence-corrected chi connectivity index (χ4v) is 3.89. The van der Waals surface area contributed by atoms with Gasteiger partial charge in [-0.3, -0.25) is 24.5 Å². The van der Waals surface area contributed by atoms with E-state index in [4.69, 9.17) is 12.2 Å². The van der Waals surface area contributed by atoms with Crippen molar-refractivity contribution in [3.05, 3.63) is 92.0 Å². The average Bonchev–Trinajstić information content (AvgIpc) is 3.26. The number of nitrogens with zero attached hydrogens (tertiary/aromatic N) is 5. The van der Waals surface area contributed by atoms with Crippen molar-refractivity contribution in [1.29, 1.82) is 0 Å². The Morgan fingerprint density at radius 3 is 2.42 bits per heavy atom. The van der Waals surface area contributed by atoms with E-state index >= 15 is 0 Å². The maximum Gasteiger partial charge on any atom is 0.312 e. The lowest BCUT2D eigenvalue weighted by molar-refractivity contribution is -0.386. The summed E-state index contributed by atoms with van der Waals surface area (Å²) in [6.07, 6.45) is 0.858. The molecule has 0 radical (unpaired) electrons. The molecule has 0 bridgehead atoms. The van der Waals surface area contributed by atoms with Gasteiger partial charge in [-0.15, -0.1) is 0 Å². The van der Waals surface area contributed by atoms with Crippen LogP contribution < -0.4 is 0 Å². The maximum absolute atomic E-state index is 11.2. The second-order valence-corrected chi connectivity index (χ2v) is 7.76. The van der Waals surface area contributed by atoms with E-state index in [0.717, 1.165) is 29.9 Å². The minimum atomic E-state index is -0.380.